The lowest BCUT2D eigenvalue weighted by Crippen LogP contribution is -2.45. The van der Waals surface area contributed by atoms with Crippen LogP contribution in [0.1, 0.15) is 168 Å². The van der Waals surface area contributed by atoms with Crippen LogP contribution in [0.25, 0.3) is 0 Å². The van der Waals surface area contributed by atoms with Gasteiger partial charge in [-0.2, -0.15) is 0 Å². The van der Waals surface area contributed by atoms with E-state index in [0.717, 1.165) is 57.8 Å². The summed E-state index contributed by atoms with van der Waals surface area (Å²) in [6.07, 6.45) is 59.0. The molecule has 0 heterocycles. The van der Waals surface area contributed by atoms with Crippen LogP contribution in [0.3, 0.4) is 0 Å². The maximum Gasteiger partial charge on any atom is 0.268 e. The molecule has 0 aromatic heterocycles. The van der Waals surface area contributed by atoms with Gasteiger partial charge in [-0.1, -0.05) is 175 Å². The average Bonchev–Trinajstić information content (AvgIpc) is 3.20. The van der Waals surface area contributed by atoms with Gasteiger partial charge in [0.15, 0.2) is 0 Å². The first-order chi connectivity index (χ1) is 29.0. The number of aliphatic hydroxyl groups excluding tert-OH is 1. The predicted octanol–water partition coefficient (Wildman–Crippen LogP) is 12.9. The number of likely N-dealkylation sites (N-methyl/N-ethyl adjacent to an activating group) is 1. The summed E-state index contributed by atoms with van der Waals surface area (Å²) in [6, 6.07) is -0.945. The van der Waals surface area contributed by atoms with Crippen molar-refractivity contribution in [1.82, 2.24) is 5.32 Å². The van der Waals surface area contributed by atoms with Crippen molar-refractivity contribution in [3.8, 4) is 0 Å². The third-order valence-corrected chi connectivity index (χ3v) is 10.7. The summed E-state index contributed by atoms with van der Waals surface area (Å²) in [5.41, 5.74) is 0. The highest BCUT2D eigenvalue weighted by Crippen LogP contribution is 2.38. The molecule has 3 unspecified atom stereocenters. The van der Waals surface area contributed by atoms with E-state index in [2.05, 4.69) is 104 Å². The topological polar surface area (TPSA) is 108 Å². The monoisotopic (exact) mass is 857 g/mol. The number of allylic oxidation sites excluding steroid dienone is 15. The summed E-state index contributed by atoms with van der Waals surface area (Å²) in [5.74, 6) is -0.272. The maximum absolute atomic E-state index is 12.8. The van der Waals surface area contributed by atoms with E-state index in [0.29, 0.717) is 23.9 Å². The van der Waals surface area contributed by atoms with Gasteiger partial charge in [-0.3, -0.25) is 9.36 Å². The second kappa shape index (κ2) is 41.8. The fourth-order valence-electron chi connectivity index (χ4n) is 6.04. The molecule has 0 aromatic carbocycles. The maximum atomic E-state index is 12.8. The van der Waals surface area contributed by atoms with E-state index >= 15 is 0 Å². The number of nitrogens with zero attached hydrogens (tertiary/aromatic N) is 1. The van der Waals surface area contributed by atoms with Crippen molar-refractivity contribution in [2.75, 3.05) is 40.9 Å². The van der Waals surface area contributed by atoms with Gasteiger partial charge in [0.1, 0.15) is 13.2 Å². The zero-order valence-corrected chi connectivity index (χ0v) is 39.8. The Hall–Kier alpha value is -2.58. The fourth-order valence-corrected chi connectivity index (χ4v) is 6.76. The average molecular weight is 857 g/mol. The van der Waals surface area contributed by atoms with E-state index in [4.69, 9.17) is 9.05 Å². The van der Waals surface area contributed by atoms with Crippen LogP contribution < -0.4 is 10.2 Å². The van der Waals surface area contributed by atoms with Gasteiger partial charge in [-0.05, 0) is 83.5 Å². The third kappa shape index (κ3) is 43.5. The number of rotatable bonds is 41. The molecule has 344 valence electrons. The van der Waals surface area contributed by atoms with Crippen LogP contribution in [0.2, 0.25) is 0 Å². The summed E-state index contributed by atoms with van der Waals surface area (Å²) in [6.45, 7) is 4.44. The molecule has 0 saturated heterocycles. The number of hydrogen-bond donors (Lipinski definition) is 2. The Bertz CT molecular complexity index is 1290. The summed E-state index contributed by atoms with van der Waals surface area (Å²) < 4.78 is 23.2. The summed E-state index contributed by atoms with van der Waals surface area (Å²) in [4.78, 5) is 25.3. The van der Waals surface area contributed by atoms with Gasteiger partial charge in [-0.15, -0.1) is 0 Å². The van der Waals surface area contributed by atoms with Crippen molar-refractivity contribution < 1.29 is 32.9 Å². The molecular weight excluding hydrogens is 768 g/mol. The molecule has 9 heteroatoms. The molecule has 1 amide bonds. The Balaban J connectivity index is 4.57. The summed E-state index contributed by atoms with van der Waals surface area (Å²) in [7, 11) is 1.18. The molecule has 0 fully saturated rings. The van der Waals surface area contributed by atoms with Crippen LogP contribution in [0.4, 0.5) is 0 Å². The molecular formula is C51H89N2O6P. The number of carbonyl (C=O) groups is 1. The molecule has 0 radical (unpaired) electrons. The van der Waals surface area contributed by atoms with Crippen molar-refractivity contribution >= 4 is 13.7 Å². The number of amides is 1. The lowest BCUT2D eigenvalue weighted by Gasteiger charge is -2.29. The number of carbonyl (C=O) groups excluding carboxylic acids is 1. The van der Waals surface area contributed by atoms with Gasteiger partial charge in [0.05, 0.1) is 39.9 Å². The standard InChI is InChI=1S/C51H89N2O6P/c1-6-8-10-12-14-16-18-20-22-24-25-26-27-29-30-32-34-36-38-40-42-44-50(54)49(48-59-60(56,57)58-47-46-53(3,4)5)52-51(55)45-43-41-39-37-35-33-31-28-23-21-19-17-15-13-11-9-7-2/h9,11,15,17,21,23,27,29,31,33-34,36-37,39,42,44,49-50,54H,6-8,10,12-14,16,18-20,22,24-26,28,30,32,35,38,40-41,43,45-48H2,1-5H3,(H-,52,55,56,57)/b11-9-,17-15-,23-21-,29-27+,33-31-,36-34+,39-37-,44-42+. The van der Waals surface area contributed by atoms with E-state index in [-0.39, 0.29) is 18.9 Å². The highest BCUT2D eigenvalue weighted by molar-refractivity contribution is 7.45. The van der Waals surface area contributed by atoms with Gasteiger partial charge in [0, 0.05) is 6.42 Å². The summed E-state index contributed by atoms with van der Waals surface area (Å²) in [5, 5.41) is 13.7. The fraction of sp³-hybridized carbons (Fsp3) is 0.667. The number of unbranched alkanes of at least 4 members (excludes halogenated alkanes) is 14. The van der Waals surface area contributed by atoms with E-state index in [1.165, 1.54) is 77.0 Å². The molecule has 2 N–H and O–H groups in total. The molecule has 0 aromatic rings. The van der Waals surface area contributed by atoms with E-state index in [1.54, 1.807) is 6.08 Å². The van der Waals surface area contributed by atoms with Crippen molar-refractivity contribution in [2.45, 2.75) is 180 Å². The van der Waals surface area contributed by atoms with Crippen LogP contribution in [-0.2, 0) is 18.4 Å². The lowest BCUT2D eigenvalue weighted by atomic mass is 10.1. The zero-order chi connectivity index (χ0) is 44.3. The van der Waals surface area contributed by atoms with Gasteiger partial charge < -0.3 is 28.8 Å². The largest absolute Gasteiger partial charge is 0.756 e. The number of phosphoric ester groups is 1. The smallest absolute Gasteiger partial charge is 0.268 e. The van der Waals surface area contributed by atoms with Crippen LogP contribution in [0.15, 0.2) is 97.2 Å². The third-order valence-electron chi connectivity index (χ3n) is 9.76. The number of quaternary nitrogens is 1. The predicted molar refractivity (Wildman–Crippen MR) is 256 cm³/mol. The minimum atomic E-state index is -4.62. The van der Waals surface area contributed by atoms with Crippen molar-refractivity contribution in [2.24, 2.45) is 0 Å². The highest BCUT2D eigenvalue weighted by atomic mass is 31.2. The van der Waals surface area contributed by atoms with Crippen molar-refractivity contribution in [3.05, 3.63) is 97.2 Å². The van der Waals surface area contributed by atoms with Crippen LogP contribution in [0, 0.1) is 0 Å². The lowest BCUT2D eigenvalue weighted by molar-refractivity contribution is -0.870. The Morgan fingerprint density at radius 1 is 0.600 bits per heavy atom. The van der Waals surface area contributed by atoms with Gasteiger partial charge >= 0.3 is 0 Å². The molecule has 0 bridgehead atoms. The SMILES string of the molecule is CC/C=C\C/C=C\C/C=C\C/C=C\C/C=C\CCCC(=O)NC(COP(=O)([O-])OCC[N+](C)(C)C)C(O)/C=C/CC/C=C/CC/C=C/CCCCCCCCCCCCC. The second-order valence-corrected chi connectivity index (χ2v) is 18.1. The Labute approximate surface area is 369 Å². The first-order valence-corrected chi connectivity index (χ1v) is 25.1. The first-order valence-electron chi connectivity index (χ1n) is 23.6. The molecule has 0 spiro atoms. The minimum Gasteiger partial charge on any atom is -0.756 e. The number of hydrogen-bond acceptors (Lipinski definition) is 6. The summed E-state index contributed by atoms with van der Waals surface area (Å²) >= 11 is 0. The Kier molecular flexibility index (Phi) is 40.0. The number of nitrogens with one attached hydrogen (secondary N) is 1. The Morgan fingerprint density at radius 3 is 1.55 bits per heavy atom. The number of aliphatic hydroxyl groups is 1. The van der Waals surface area contributed by atoms with Crippen molar-refractivity contribution in [1.29, 1.82) is 0 Å². The first kappa shape index (κ1) is 57.4. The molecule has 8 nitrogen and oxygen atoms in total. The molecule has 0 aliphatic heterocycles. The van der Waals surface area contributed by atoms with Gasteiger partial charge in [-0.25, -0.2) is 0 Å². The molecule has 0 rings (SSSR count). The van der Waals surface area contributed by atoms with Crippen molar-refractivity contribution in [3.63, 3.8) is 0 Å². The van der Waals surface area contributed by atoms with Crippen LogP contribution in [-0.4, -0.2) is 68.5 Å². The number of phosphoric acid groups is 1. The molecule has 3 atom stereocenters. The Morgan fingerprint density at radius 2 is 1.03 bits per heavy atom. The van der Waals surface area contributed by atoms with Crippen LogP contribution >= 0.6 is 7.82 Å². The molecule has 60 heavy (non-hydrogen) atoms. The second-order valence-electron chi connectivity index (χ2n) is 16.7. The highest BCUT2D eigenvalue weighted by Gasteiger charge is 2.23. The van der Waals surface area contributed by atoms with Gasteiger partial charge in [0.25, 0.3) is 7.82 Å². The van der Waals surface area contributed by atoms with E-state index < -0.39 is 26.6 Å². The van der Waals surface area contributed by atoms with E-state index in [1.807, 2.05) is 27.2 Å². The normalized spacial score (nSPS) is 15.1. The minimum absolute atomic E-state index is 0.0250. The molecule has 0 aliphatic rings. The molecule has 0 saturated carbocycles. The van der Waals surface area contributed by atoms with E-state index in [9.17, 15) is 19.4 Å². The zero-order valence-electron chi connectivity index (χ0n) is 38.9. The quantitative estimate of drug-likeness (QED) is 0.0274. The van der Waals surface area contributed by atoms with Gasteiger partial charge in [0.2, 0.25) is 5.91 Å². The van der Waals surface area contributed by atoms with Crippen LogP contribution in [0.5, 0.6) is 0 Å². The molecule has 0 aliphatic carbocycles.